The average Bonchev–Trinajstić information content (AvgIpc) is 4.02. The number of furan rings is 1. The minimum Gasteiger partial charge on any atom is -0.455 e. The van der Waals surface area contributed by atoms with Crippen LogP contribution in [0.2, 0.25) is 0 Å². The first-order chi connectivity index (χ1) is 31.2. The third-order valence-corrected chi connectivity index (χ3v) is 11.9. The van der Waals surface area contributed by atoms with Crippen LogP contribution in [0.3, 0.4) is 0 Å². The summed E-state index contributed by atoms with van der Waals surface area (Å²) < 4.78 is 11.0. The molecule has 0 aliphatic carbocycles. The van der Waals surface area contributed by atoms with Crippen molar-refractivity contribution in [1.82, 2.24) is 39.0 Å². The zero-order valence-electron chi connectivity index (χ0n) is 33.5. The third kappa shape index (κ3) is 5.57. The molecule has 0 unspecified atom stereocenters. The second-order valence-corrected chi connectivity index (χ2v) is 15.5. The van der Waals surface area contributed by atoms with Crippen LogP contribution in [0.1, 0.15) is 0 Å². The molecule has 0 radical (unpaired) electrons. The summed E-state index contributed by atoms with van der Waals surface area (Å²) in [5.74, 6) is 3.29. The van der Waals surface area contributed by atoms with Gasteiger partial charge in [-0.15, -0.1) is 0 Å². The Hall–Kier alpha value is -8.82. The quantitative estimate of drug-likeness (QED) is 0.165. The molecular weight excluding hydrogens is 777 g/mol. The van der Waals surface area contributed by atoms with Gasteiger partial charge in [0.1, 0.15) is 11.2 Å². The van der Waals surface area contributed by atoms with E-state index >= 15 is 0 Å². The van der Waals surface area contributed by atoms with Crippen LogP contribution in [-0.2, 0) is 0 Å². The molecule has 0 atom stereocenters. The van der Waals surface area contributed by atoms with Crippen molar-refractivity contribution in [3.8, 4) is 57.4 Å². The molecule has 0 amide bonds. The lowest BCUT2D eigenvalue weighted by molar-refractivity contribution is 0.673. The second kappa shape index (κ2) is 13.9. The number of nitrogens with zero attached hydrogens (tertiary/aromatic N) is 8. The fourth-order valence-corrected chi connectivity index (χ4v) is 8.99. The van der Waals surface area contributed by atoms with Gasteiger partial charge in [0, 0.05) is 49.2 Å². The fourth-order valence-electron chi connectivity index (χ4n) is 8.99. The summed E-state index contributed by atoms with van der Waals surface area (Å²) in [7, 11) is 0. The van der Waals surface area contributed by atoms with E-state index in [1.54, 1.807) is 0 Å². The summed E-state index contributed by atoms with van der Waals surface area (Å²) in [6, 6.07) is 65.7. The van der Waals surface area contributed by atoms with Gasteiger partial charge in [0.15, 0.2) is 23.3 Å². The summed E-state index contributed by atoms with van der Waals surface area (Å²) in [5.41, 5.74) is 8.91. The number of rotatable bonds is 6. The van der Waals surface area contributed by atoms with Gasteiger partial charge in [0.05, 0.1) is 27.5 Å². The molecule has 0 saturated carbocycles. The van der Waals surface area contributed by atoms with Crippen molar-refractivity contribution in [1.29, 1.82) is 0 Å². The van der Waals surface area contributed by atoms with Crippen LogP contribution in [0.15, 0.2) is 199 Å². The Kier molecular flexibility index (Phi) is 7.70. The van der Waals surface area contributed by atoms with Crippen molar-refractivity contribution in [2.45, 2.75) is 0 Å². The molecule has 0 saturated heterocycles. The van der Waals surface area contributed by atoms with Gasteiger partial charge in [-0.3, -0.25) is 9.13 Å². The number of fused-ring (bicyclic) bond motifs is 10. The van der Waals surface area contributed by atoms with E-state index in [2.05, 4.69) is 94.1 Å². The lowest BCUT2D eigenvalue weighted by Gasteiger charge is -2.12. The van der Waals surface area contributed by atoms with Crippen molar-refractivity contribution in [2.24, 2.45) is 0 Å². The molecule has 5 aromatic heterocycles. The first-order valence-corrected chi connectivity index (χ1v) is 20.8. The predicted octanol–water partition coefficient (Wildman–Crippen LogP) is 12.8. The van der Waals surface area contributed by atoms with Crippen LogP contribution in [0, 0.1) is 0 Å². The summed E-state index contributed by atoms with van der Waals surface area (Å²) in [4.78, 5) is 31.0. The summed E-state index contributed by atoms with van der Waals surface area (Å²) in [6.45, 7) is 0. The Balaban J connectivity index is 1.10. The Morgan fingerprint density at radius 2 is 0.730 bits per heavy atom. The van der Waals surface area contributed by atoms with Crippen LogP contribution in [0.4, 0.5) is 0 Å². The highest BCUT2D eigenvalue weighted by atomic mass is 16.3. The summed E-state index contributed by atoms with van der Waals surface area (Å²) in [5, 5.41) is 6.20. The topological polar surface area (TPSA) is 100 Å². The summed E-state index contributed by atoms with van der Waals surface area (Å²) >= 11 is 0. The van der Waals surface area contributed by atoms with Crippen molar-refractivity contribution < 1.29 is 4.42 Å². The number of hydrogen-bond donors (Lipinski definition) is 0. The minimum atomic E-state index is 0.492. The molecule has 63 heavy (non-hydrogen) atoms. The number of para-hydroxylation sites is 3. The molecule has 0 aliphatic heterocycles. The van der Waals surface area contributed by atoms with Gasteiger partial charge in [-0.05, 0) is 48.5 Å². The van der Waals surface area contributed by atoms with Crippen LogP contribution >= 0.6 is 0 Å². The van der Waals surface area contributed by atoms with Crippen LogP contribution in [-0.4, -0.2) is 39.0 Å². The van der Waals surface area contributed by atoms with Gasteiger partial charge in [-0.25, -0.2) is 9.97 Å². The SMILES string of the molecule is c1ccc(-c2nc(-c3ccc4c(c3)c3c5oc6ccccc6c5ccc3n4-c3nc(-c4ccccc4)nc(-c4ccccc4)n3)nc(-n3c4ccccc4c4ccccc43)n2)cc1. The Bertz CT molecular complexity index is 3800. The van der Waals surface area contributed by atoms with E-state index < -0.39 is 0 Å². The van der Waals surface area contributed by atoms with E-state index in [0.29, 0.717) is 35.2 Å². The third-order valence-electron chi connectivity index (χ3n) is 11.9. The zero-order valence-corrected chi connectivity index (χ0v) is 33.5. The van der Waals surface area contributed by atoms with Crippen molar-refractivity contribution in [2.75, 3.05) is 0 Å². The molecule has 0 aliphatic rings. The minimum absolute atomic E-state index is 0.492. The Morgan fingerprint density at radius 1 is 0.302 bits per heavy atom. The second-order valence-electron chi connectivity index (χ2n) is 15.5. The van der Waals surface area contributed by atoms with Gasteiger partial charge in [0.25, 0.3) is 0 Å². The highest BCUT2D eigenvalue weighted by molar-refractivity contribution is 6.24. The number of hydrogen-bond acceptors (Lipinski definition) is 7. The summed E-state index contributed by atoms with van der Waals surface area (Å²) in [6.07, 6.45) is 0. The molecule has 0 fully saturated rings. The molecule has 294 valence electrons. The molecule has 0 spiro atoms. The lowest BCUT2D eigenvalue weighted by Crippen LogP contribution is -2.07. The highest BCUT2D eigenvalue weighted by Crippen LogP contribution is 2.42. The smallest absolute Gasteiger partial charge is 0.238 e. The van der Waals surface area contributed by atoms with E-state index in [1.807, 2.05) is 109 Å². The number of benzene rings is 8. The van der Waals surface area contributed by atoms with E-state index in [1.165, 1.54) is 0 Å². The van der Waals surface area contributed by atoms with Gasteiger partial charge in [0.2, 0.25) is 11.9 Å². The maximum absolute atomic E-state index is 6.77. The fraction of sp³-hybridized carbons (Fsp3) is 0. The van der Waals surface area contributed by atoms with Gasteiger partial charge >= 0.3 is 0 Å². The lowest BCUT2D eigenvalue weighted by atomic mass is 10.1. The van der Waals surface area contributed by atoms with Crippen molar-refractivity contribution in [3.05, 3.63) is 194 Å². The van der Waals surface area contributed by atoms with E-state index in [0.717, 1.165) is 87.8 Å². The van der Waals surface area contributed by atoms with Crippen molar-refractivity contribution >= 4 is 65.6 Å². The molecular formula is C54H32N8O. The molecule has 0 N–H and O–H groups in total. The van der Waals surface area contributed by atoms with Crippen LogP contribution in [0.25, 0.3) is 123 Å². The monoisotopic (exact) mass is 808 g/mol. The van der Waals surface area contributed by atoms with Gasteiger partial charge in [-0.2, -0.15) is 19.9 Å². The first kappa shape index (κ1) is 35.0. The van der Waals surface area contributed by atoms with Crippen LogP contribution < -0.4 is 0 Å². The van der Waals surface area contributed by atoms with E-state index in [4.69, 9.17) is 34.3 Å². The van der Waals surface area contributed by atoms with E-state index in [-0.39, 0.29) is 0 Å². The van der Waals surface area contributed by atoms with E-state index in [9.17, 15) is 0 Å². The molecule has 5 heterocycles. The van der Waals surface area contributed by atoms with Gasteiger partial charge in [-0.1, -0.05) is 146 Å². The molecule has 0 bridgehead atoms. The Morgan fingerprint density at radius 3 is 1.29 bits per heavy atom. The highest BCUT2D eigenvalue weighted by Gasteiger charge is 2.24. The van der Waals surface area contributed by atoms with Crippen molar-refractivity contribution in [3.63, 3.8) is 0 Å². The maximum atomic E-state index is 6.77. The largest absolute Gasteiger partial charge is 0.455 e. The maximum Gasteiger partial charge on any atom is 0.238 e. The van der Waals surface area contributed by atoms with Crippen LogP contribution in [0.5, 0.6) is 0 Å². The molecule has 13 rings (SSSR count). The molecule has 9 nitrogen and oxygen atoms in total. The standard InChI is InChI=1S/C54H32N8O/c1-4-16-33(17-5-1)49-55-50(34-18-6-2-7-19-34)59-54(58-49)62-44-30-28-36(32-41(44)47-45(62)31-29-40-39-24-12-15-27-46(39)63-48(40)47)52-56-51(35-20-8-3-9-21-35)57-53(60-52)61-42-25-13-10-22-37(42)38-23-11-14-26-43(38)61/h1-32H. The average molecular weight is 809 g/mol. The molecule has 8 aromatic carbocycles. The first-order valence-electron chi connectivity index (χ1n) is 20.8. The Labute approximate surface area is 359 Å². The molecule has 13 aromatic rings. The predicted molar refractivity (Wildman–Crippen MR) is 251 cm³/mol. The number of aromatic nitrogens is 8. The molecule has 9 heteroatoms. The normalized spacial score (nSPS) is 11.8. The van der Waals surface area contributed by atoms with Gasteiger partial charge < -0.3 is 4.42 Å². The zero-order chi connectivity index (χ0) is 41.4.